The van der Waals surface area contributed by atoms with Crippen LogP contribution in [0.5, 0.6) is 11.5 Å². The summed E-state index contributed by atoms with van der Waals surface area (Å²) in [7, 11) is -2.80. The zero-order valence-corrected chi connectivity index (χ0v) is 12.9. The Morgan fingerprint density at radius 2 is 2.20 bits per heavy atom. The van der Waals surface area contributed by atoms with Crippen molar-refractivity contribution in [3.05, 3.63) is 10.8 Å². The largest absolute Gasteiger partial charge is 0.485 e. The van der Waals surface area contributed by atoms with Crippen molar-refractivity contribution < 1.29 is 26.8 Å². The number of fused-ring (bicyclic) bond motifs is 1. The maximum atomic E-state index is 10.3. The van der Waals surface area contributed by atoms with Crippen LogP contribution in [0.2, 0.25) is 0 Å². The Labute approximate surface area is 123 Å². The molecule has 0 saturated carbocycles. The quantitative estimate of drug-likeness (QED) is 0.576. The van der Waals surface area contributed by atoms with E-state index in [0.29, 0.717) is 26.2 Å². The molecule has 1 aromatic rings. The zero-order valence-electron chi connectivity index (χ0n) is 11.1. The van der Waals surface area contributed by atoms with E-state index >= 15 is 0 Å². The molecule has 1 aromatic heterocycles. The van der Waals surface area contributed by atoms with Gasteiger partial charge in [0.05, 0.1) is 12.7 Å². The summed E-state index contributed by atoms with van der Waals surface area (Å²) < 4.78 is 41.9. The highest BCUT2D eigenvalue weighted by molar-refractivity contribution is 7.67. The summed E-state index contributed by atoms with van der Waals surface area (Å²) in [6.07, 6.45) is 0.0169. The van der Waals surface area contributed by atoms with Crippen LogP contribution in [0.4, 0.5) is 0 Å². The van der Waals surface area contributed by atoms with Crippen molar-refractivity contribution in [3.8, 4) is 11.5 Å². The first kappa shape index (κ1) is 17.2. The number of ether oxygens (including phenoxy) is 3. The van der Waals surface area contributed by atoms with Gasteiger partial charge in [0, 0.05) is 17.4 Å². The van der Waals surface area contributed by atoms with Crippen molar-refractivity contribution >= 4 is 22.3 Å². The van der Waals surface area contributed by atoms with Crippen LogP contribution < -0.4 is 15.6 Å². The Kier molecular flexibility index (Phi) is 7.24. The highest BCUT2D eigenvalue weighted by Gasteiger charge is 2.21. The van der Waals surface area contributed by atoms with E-state index in [0.717, 1.165) is 11.5 Å². The van der Waals surface area contributed by atoms with E-state index in [1.807, 2.05) is 10.8 Å². The van der Waals surface area contributed by atoms with E-state index in [4.69, 9.17) is 14.2 Å². The van der Waals surface area contributed by atoms with E-state index in [1.54, 1.807) is 6.92 Å². The van der Waals surface area contributed by atoms with Crippen LogP contribution in [0.25, 0.3) is 0 Å². The van der Waals surface area contributed by atoms with Crippen LogP contribution in [-0.4, -0.2) is 40.4 Å². The Balaban J connectivity index is 0.00000200. The monoisotopic (exact) mass is 325 g/mol. The van der Waals surface area contributed by atoms with Gasteiger partial charge in [0.1, 0.15) is 6.61 Å². The van der Waals surface area contributed by atoms with Gasteiger partial charge in [-0.05, 0) is 13.3 Å². The molecule has 2 atom stereocenters. The van der Waals surface area contributed by atoms with E-state index in [1.165, 1.54) is 11.3 Å². The Morgan fingerprint density at radius 3 is 2.95 bits per heavy atom. The van der Waals surface area contributed by atoms with Crippen molar-refractivity contribution in [2.75, 3.05) is 19.8 Å². The number of thiophene rings is 1. The van der Waals surface area contributed by atoms with Crippen LogP contribution in [0.15, 0.2) is 10.8 Å². The van der Waals surface area contributed by atoms with Gasteiger partial charge >= 0.3 is 0 Å². The van der Waals surface area contributed by atoms with Gasteiger partial charge in [0.25, 0.3) is 11.0 Å². The van der Waals surface area contributed by atoms with Gasteiger partial charge in [0.15, 0.2) is 17.6 Å². The molecule has 0 radical (unpaired) electrons. The van der Waals surface area contributed by atoms with Gasteiger partial charge < -0.3 is 20.4 Å². The number of thiol groups is 1. The van der Waals surface area contributed by atoms with Gasteiger partial charge in [-0.3, -0.25) is 4.18 Å². The van der Waals surface area contributed by atoms with Gasteiger partial charge in [-0.2, -0.15) is 0 Å². The molecule has 1 aliphatic heterocycles. The average Bonchev–Trinajstić information content (AvgIpc) is 2.81. The van der Waals surface area contributed by atoms with Gasteiger partial charge in [-0.25, -0.2) is 8.42 Å². The molecule has 2 rings (SSSR count). The fraction of sp³-hybridized carbons (Fsp3) is 0.636. The minimum absolute atomic E-state index is 0. The lowest BCUT2D eigenvalue weighted by Crippen LogP contribution is -2.33. The topological polar surface area (TPSA) is 106 Å². The third-order valence-electron chi connectivity index (χ3n) is 2.55. The molecular weight excluding hydrogens is 306 g/mol. The second kappa shape index (κ2) is 8.42. The minimum Gasteiger partial charge on any atom is -0.485 e. The molecule has 0 aliphatic carbocycles. The smallest absolute Gasteiger partial charge is 0.257 e. The van der Waals surface area contributed by atoms with Crippen LogP contribution in [-0.2, 0) is 19.9 Å². The summed E-state index contributed by atoms with van der Waals surface area (Å²) in [6.45, 7) is 2.97. The maximum absolute atomic E-state index is 10.3. The molecule has 7 nitrogen and oxygen atoms in total. The van der Waals surface area contributed by atoms with Crippen molar-refractivity contribution in [2.45, 2.75) is 25.6 Å². The van der Waals surface area contributed by atoms with Crippen LogP contribution in [0.1, 0.15) is 13.3 Å². The molecule has 0 spiro atoms. The highest BCUT2D eigenvalue weighted by atomic mass is 32.2. The van der Waals surface area contributed by atoms with E-state index < -0.39 is 11.0 Å². The zero-order chi connectivity index (χ0) is 13.7. The molecule has 2 unspecified atom stereocenters. The maximum Gasteiger partial charge on any atom is 0.257 e. The third-order valence-corrected chi connectivity index (χ3v) is 3.78. The first-order chi connectivity index (χ1) is 9.15. The van der Waals surface area contributed by atoms with E-state index in [-0.39, 0.29) is 18.4 Å². The number of hydrogen-bond acceptors (Lipinski definition) is 8. The molecule has 0 fully saturated rings. The van der Waals surface area contributed by atoms with Crippen molar-refractivity contribution in [1.82, 2.24) is 6.15 Å². The summed E-state index contributed by atoms with van der Waals surface area (Å²) >= 11 is 1.53. The van der Waals surface area contributed by atoms with Crippen molar-refractivity contribution in [3.63, 3.8) is 0 Å². The summed E-state index contributed by atoms with van der Waals surface area (Å²) in [5, 5.41) is 3.79. The molecule has 9 heteroatoms. The van der Waals surface area contributed by atoms with Gasteiger partial charge in [-0.1, -0.05) is 0 Å². The molecule has 116 valence electrons. The Bertz CT molecular complexity index is 467. The van der Waals surface area contributed by atoms with Crippen LogP contribution in [0, 0.1) is 0 Å². The summed E-state index contributed by atoms with van der Waals surface area (Å²) in [5.74, 6) is 1.53. The fourth-order valence-corrected chi connectivity index (χ4v) is 2.68. The molecule has 2 heterocycles. The fourth-order valence-electron chi connectivity index (χ4n) is 1.61. The molecule has 0 saturated heterocycles. The first-order valence-corrected chi connectivity index (χ1v) is 7.93. The van der Waals surface area contributed by atoms with Crippen LogP contribution in [0.3, 0.4) is 0 Å². The van der Waals surface area contributed by atoms with Crippen molar-refractivity contribution in [2.24, 2.45) is 0 Å². The second-order valence-corrected chi connectivity index (χ2v) is 5.56. The van der Waals surface area contributed by atoms with E-state index in [9.17, 15) is 8.42 Å². The van der Waals surface area contributed by atoms with E-state index in [2.05, 4.69) is 4.18 Å². The normalized spacial score (nSPS) is 18.6. The lowest BCUT2D eigenvalue weighted by molar-refractivity contribution is 0.00334. The first-order valence-electron chi connectivity index (χ1n) is 5.89. The summed E-state index contributed by atoms with van der Waals surface area (Å²) in [5.41, 5.74) is 0. The summed E-state index contributed by atoms with van der Waals surface area (Å²) in [6, 6.07) is 0. The minimum atomic E-state index is -2.80. The summed E-state index contributed by atoms with van der Waals surface area (Å²) in [4.78, 5) is 0. The molecule has 0 bridgehead atoms. The Morgan fingerprint density at radius 1 is 1.45 bits per heavy atom. The second-order valence-electron chi connectivity index (χ2n) is 4.15. The molecular formula is C11H19NO6S2. The van der Waals surface area contributed by atoms with Gasteiger partial charge in [0.2, 0.25) is 0 Å². The molecule has 3 N–H and O–H groups in total. The highest BCUT2D eigenvalue weighted by Crippen LogP contribution is 2.35. The Hall–Kier alpha value is -0.870. The lowest BCUT2D eigenvalue weighted by Gasteiger charge is -2.24. The molecule has 1 aliphatic rings. The number of hydrogen-bond donors (Lipinski definition) is 2. The number of rotatable bonds is 7. The van der Waals surface area contributed by atoms with Gasteiger partial charge in [-0.15, -0.1) is 11.3 Å². The lowest BCUT2D eigenvalue weighted by atomic mass is 10.3. The molecule has 0 amide bonds. The van der Waals surface area contributed by atoms with Crippen molar-refractivity contribution in [1.29, 1.82) is 0 Å². The van der Waals surface area contributed by atoms with Crippen LogP contribution >= 0.6 is 11.3 Å². The molecule has 0 aromatic carbocycles. The predicted octanol–water partition coefficient (Wildman–Crippen LogP) is 1.39. The SMILES string of the molecule is CC(CCOCC1COc2cscc2O1)O[SH](=O)=O.N. The molecule has 20 heavy (non-hydrogen) atoms. The predicted molar refractivity (Wildman–Crippen MR) is 75.5 cm³/mol. The average molecular weight is 325 g/mol. The third kappa shape index (κ3) is 5.25. The standard InChI is InChI=1S/C11H16O6S2.H3N/c1-8(17-19(12)13)2-3-14-4-9-5-15-10-6-18-7-11(10)16-9;/h6-9,19H,2-5H2,1H3;1H3.